The van der Waals surface area contributed by atoms with E-state index in [2.05, 4.69) is 9.88 Å². The van der Waals surface area contributed by atoms with Crippen LogP contribution in [0.15, 0.2) is 18.3 Å². The molecule has 0 saturated carbocycles. The van der Waals surface area contributed by atoms with Crippen LogP contribution in [0.3, 0.4) is 0 Å². The number of rotatable bonds is 3. The fourth-order valence-electron chi connectivity index (χ4n) is 2.28. The van der Waals surface area contributed by atoms with Crippen molar-refractivity contribution in [1.29, 1.82) is 0 Å². The molecule has 1 unspecified atom stereocenters. The topological polar surface area (TPSA) is 56.6 Å². The Hall–Kier alpha value is -1.13. The molecule has 1 aliphatic heterocycles. The fraction of sp³-hybridized carbons (Fsp3) is 0.583. The minimum Gasteiger partial charge on any atom is -0.394 e. The normalized spacial score (nSPS) is 22.4. The van der Waals surface area contributed by atoms with E-state index in [0.717, 1.165) is 30.8 Å². The Bertz CT molecular complexity index is 355. The Labute approximate surface area is 95.5 Å². The second-order valence-electron chi connectivity index (χ2n) is 4.26. The van der Waals surface area contributed by atoms with E-state index in [9.17, 15) is 10.2 Å². The quantitative estimate of drug-likeness (QED) is 0.804. The van der Waals surface area contributed by atoms with E-state index >= 15 is 0 Å². The summed E-state index contributed by atoms with van der Waals surface area (Å²) in [4.78, 5) is 6.43. The van der Waals surface area contributed by atoms with Gasteiger partial charge in [-0.05, 0) is 25.8 Å². The SMILES string of the molecule is C[C@@H](O)c1cccnc1N1CCCC1CO. The molecular formula is C12H18N2O2. The van der Waals surface area contributed by atoms with Gasteiger partial charge in [0.25, 0.3) is 0 Å². The van der Waals surface area contributed by atoms with Gasteiger partial charge in [0, 0.05) is 18.3 Å². The predicted octanol–water partition coefficient (Wildman–Crippen LogP) is 1.10. The molecule has 2 heterocycles. The van der Waals surface area contributed by atoms with Gasteiger partial charge < -0.3 is 15.1 Å². The average molecular weight is 222 g/mol. The molecule has 4 heteroatoms. The van der Waals surface area contributed by atoms with Crippen molar-refractivity contribution in [3.63, 3.8) is 0 Å². The maximum Gasteiger partial charge on any atom is 0.134 e. The van der Waals surface area contributed by atoms with Gasteiger partial charge in [-0.2, -0.15) is 0 Å². The van der Waals surface area contributed by atoms with Gasteiger partial charge in [0.05, 0.1) is 18.8 Å². The summed E-state index contributed by atoms with van der Waals surface area (Å²) in [6.07, 6.45) is 3.27. The van der Waals surface area contributed by atoms with Crippen molar-refractivity contribution in [2.75, 3.05) is 18.1 Å². The first-order chi connectivity index (χ1) is 7.74. The highest BCUT2D eigenvalue weighted by Gasteiger charge is 2.27. The highest BCUT2D eigenvalue weighted by Crippen LogP contribution is 2.29. The number of aliphatic hydroxyl groups excluding tert-OH is 2. The van der Waals surface area contributed by atoms with Crippen LogP contribution in [0, 0.1) is 0 Å². The molecule has 0 spiro atoms. The van der Waals surface area contributed by atoms with E-state index in [1.807, 2.05) is 12.1 Å². The van der Waals surface area contributed by atoms with Crippen molar-refractivity contribution >= 4 is 5.82 Å². The van der Waals surface area contributed by atoms with E-state index < -0.39 is 6.10 Å². The van der Waals surface area contributed by atoms with Crippen molar-refractivity contribution in [2.24, 2.45) is 0 Å². The van der Waals surface area contributed by atoms with E-state index in [1.54, 1.807) is 13.1 Å². The zero-order chi connectivity index (χ0) is 11.5. The molecule has 88 valence electrons. The summed E-state index contributed by atoms with van der Waals surface area (Å²) in [5.74, 6) is 0.814. The van der Waals surface area contributed by atoms with E-state index in [0.29, 0.717) is 0 Å². The van der Waals surface area contributed by atoms with Crippen LogP contribution < -0.4 is 4.90 Å². The summed E-state index contributed by atoms with van der Waals surface area (Å²) < 4.78 is 0. The van der Waals surface area contributed by atoms with Gasteiger partial charge in [0.15, 0.2) is 0 Å². The first kappa shape index (κ1) is 11.4. The van der Waals surface area contributed by atoms with Crippen LogP contribution in [0.4, 0.5) is 5.82 Å². The molecule has 16 heavy (non-hydrogen) atoms. The maximum atomic E-state index is 9.69. The molecule has 4 nitrogen and oxygen atoms in total. The van der Waals surface area contributed by atoms with Crippen molar-refractivity contribution in [3.05, 3.63) is 23.9 Å². The molecule has 1 aromatic rings. The Kier molecular flexibility index (Phi) is 3.41. The van der Waals surface area contributed by atoms with Gasteiger partial charge in [0.1, 0.15) is 5.82 Å². The zero-order valence-electron chi connectivity index (χ0n) is 9.50. The van der Waals surface area contributed by atoms with Gasteiger partial charge in [-0.3, -0.25) is 0 Å². The van der Waals surface area contributed by atoms with Crippen molar-refractivity contribution < 1.29 is 10.2 Å². The lowest BCUT2D eigenvalue weighted by molar-refractivity contribution is 0.198. The first-order valence-electron chi connectivity index (χ1n) is 5.74. The van der Waals surface area contributed by atoms with Crippen LogP contribution in [0.5, 0.6) is 0 Å². The molecule has 0 aliphatic carbocycles. The number of aromatic nitrogens is 1. The number of aliphatic hydroxyl groups is 2. The maximum absolute atomic E-state index is 9.69. The van der Waals surface area contributed by atoms with E-state index in [-0.39, 0.29) is 12.6 Å². The zero-order valence-corrected chi connectivity index (χ0v) is 9.50. The average Bonchev–Trinajstić information content (AvgIpc) is 2.76. The minimum absolute atomic E-state index is 0.146. The number of hydrogen-bond acceptors (Lipinski definition) is 4. The Balaban J connectivity index is 2.32. The third-order valence-corrected chi connectivity index (χ3v) is 3.13. The molecule has 2 N–H and O–H groups in total. The predicted molar refractivity (Wildman–Crippen MR) is 62.3 cm³/mol. The molecule has 0 bridgehead atoms. The molecule has 0 aromatic carbocycles. The minimum atomic E-state index is -0.524. The molecule has 1 aliphatic rings. The van der Waals surface area contributed by atoms with Crippen LogP contribution in [-0.4, -0.2) is 34.4 Å². The smallest absolute Gasteiger partial charge is 0.134 e. The lowest BCUT2D eigenvalue weighted by atomic mass is 10.1. The van der Waals surface area contributed by atoms with Gasteiger partial charge in [-0.1, -0.05) is 6.07 Å². The summed E-state index contributed by atoms with van der Waals surface area (Å²) in [6, 6.07) is 3.86. The van der Waals surface area contributed by atoms with Crippen molar-refractivity contribution in [3.8, 4) is 0 Å². The Morgan fingerprint density at radius 2 is 2.44 bits per heavy atom. The first-order valence-corrected chi connectivity index (χ1v) is 5.74. The molecule has 2 rings (SSSR count). The highest BCUT2D eigenvalue weighted by molar-refractivity contribution is 5.49. The standard InChI is InChI=1S/C12H18N2O2/c1-9(16)11-5-2-6-13-12(11)14-7-3-4-10(14)8-15/h2,5-6,9-10,15-16H,3-4,7-8H2,1H3/t9-,10?/m1/s1. The van der Waals surface area contributed by atoms with Crippen LogP contribution in [0.25, 0.3) is 0 Å². The second-order valence-corrected chi connectivity index (χ2v) is 4.26. The van der Waals surface area contributed by atoms with Crippen LogP contribution in [-0.2, 0) is 0 Å². The summed E-state index contributed by atoms with van der Waals surface area (Å²) in [6.45, 7) is 2.79. The molecule has 2 atom stereocenters. The molecule has 0 amide bonds. The van der Waals surface area contributed by atoms with Gasteiger partial charge >= 0.3 is 0 Å². The molecule has 1 saturated heterocycles. The van der Waals surface area contributed by atoms with Crippen LogP contribution in [0.1, 0.15) is 31.4 Å². The Morgan fingerprint density at radius 3 is 3.12 bits per heavy atom. The largest absolute Gasteiger partial charge is 0.394 e. The van der Waals surface area contributed by atoms with Gasteiger partial charge in [0.2, 0.25) is 0 Å². The summed E-state index contributed by atoms with van der Waals surface area (Å²) in [5.41, 5.74) is 0.836. The fourth-order valence-corrected chi connectivity index (χ4v) is 2.28. The second kappa shape index (κ2) is 4.80. The number of anilines is 1. The van der Waals surface area contributed by atoms with E-state index in [4.69, 9.17) is 0 Å². The number of nitrogens with zero attached hydrogens (tertiary/aromatic N) is 2. The van der Waals surface area contributed by atoms with Gasteiger partial charge in [-0.15, -0.1) is 0 Å². The third-order valence-electron chi connectivity index (χ3n) is 3.13. The lowest BCUT2D eigenvalue weighted by Crippen LogP contribution is -2.33. The summed E-state index contributed by atoms with van der Waals surface area (Å²) >= 11 is 0. The van der Waals surface area contributed by atoms with Crippen LogP contribution in [0.2, 0.25) is 0 Å². The van der Waals surface area contributed by atoms with Crippen molar-refractivity contribution in [2.45, 2.75) is 31.9 Å². The molecule has 1 fully saturated rings. The van der Waals surface area contributed by atoms with Crippen LogP contribution >= 0.6 is 0 Å². The number of pyridine rings is 1. The Morgan fingerprint density at radius 1 is 1.62 bits per heavy atom. The third kappa shape index (κ3) is 2.03. The monoisotopic (exact) mass is 222 g/mol. The highest BCUT2D eigenvalue weighted by atomic mass is 16.3. The van der Waals surface area contributed by atoms with E-state index in [1.165, 1.54) is 0 Å². The molecule has 0 radical (unpaired) electrons. The summed E-state index contributed by atoms with van der Waals surface area (Å²) in [5, 5.41) is 19.0. The summed E-state index contributed by atoms with van der Waals surface area (Å²) in [7, 11) is 0. The number of hydrogen-bond donors (Lipinski definition) is 2. The van der Waals surface area contributed by atoms with Gasteiger partial charge in [-0.25, -0.2) is 4.98 Å². The molecular weight excluding hydrogens is 204 g/mol. The lowest BCUT2D eigenvalue weighted by Gasteiger charge is -2.26. The van der Waals surface area contributed by atoms with Crippen molar-refractivity contribution in [1.82, 2.24) is 4.98 Å². The molecule has 1 aromatic heterocycles.